The topological polar surface area (TPSA) is 21.1 Å². The second-order valence-corrected chi connectivity index (χ2v) is 6.21. The van der Waals surface area contributed by atoms with Gasteiger partial charge in [-0.3, -0.25) is 4.68 Å². The third-order valence-electron chi connectivity index (χ3n) is 4.58. The lowest BCUT2D eigenvalue weighted by Gasteiger charge is -2.27. The number of rotatable bonds is 3. The minimum Gasteiger partial charge on any atom is -0.306 e. The second-order valence-electron chi connectivity index (χ2n) is 6.21. The van der Waals surface area contributed by atoms with E-state index in [4.69, 9.17) is 5.10 Å². The standard InChI is InChI=1S/C18H25N3/c1-4-21-18(16-7-5-14(2)6-8-16)13-17(19-21)15-9-11-20(3)12-10-15/h5-8,13,15H,4,9-12H2,1-3H3. The molecule has 2 heterocycles. The highest BCUT2D eigenvalue weighted by molar-refractivity contribution is 5.60. The van der Waals surface area contributed by atoms with E-state index in [1.54, 1.807) is 0 Å². The molecule has 0 bridgehead atoms. The van der Waals surface area contributed by atoms with Gasteiger partial charge in [0, 0.05) is 12.5 Å². The zero-order valence-electron chi connectivity index (χ0n) is 13.3. The average Bonchev–Trinajstić information content (AvgIpc) is 2.93. The molecule has 0 saturated carbocycles. The van der Waals surface area contributed by atoms with Crippen molar-refractivity contribution in [2.45, 2.75) is 39.2 Å². The van der Waals surface area contributed by atoms with Crippen LogP contribution < -0.4 is 0 Å². The lowest BCUT2D eigenvalue weighted by molar-refractivity contribution is 0.253. The van der Waals surface area contributed by atoms with E-state index < -0.39 is 0 Å². The maximum Gasteiger partial charge on any atom is 0.0685 e. The summed E-state index contributed by atoms with van der Waals surface area (Å²) in [5, 5.41) is 4.87. The zero-order valence-corrected chi connectivity index (χ0v) is 13.3. The van der Waals surface area contributed by atoms with Crippen LogP contribution in [0.5, 0.6) is 0 Å². The van der Waals surface area contributed by atoms with E-state index in [2.05, 4.69) is 60.8 Å². The molecule has 1 aliphatic rings. The summed E-state index contributed by atoms with van der Waals surface area (Å²) < 4.78 is 2.15. The highest BCUT2D eigenvalue weighted by Crippen LogP contribution is 2.30. The number of hydrogen-bond donors (Lipinski definition) is 0. The quantitative estimate of drug-likeness (QED) is 0.856. The first-order chi connectivity index (χ1) is 10.2. The lowest BCUT2D eigenvalue weighted by atomic mass is 9.93. The number of piperidine rings is 1. The summed E-state index contributed by atoms with van der Waals surface area (Å²) in [5.74, 6) is 0.623. The molecule has 2 aromatic rings. The van der Waals surface area contributed by atoms with Crippen LogP contribution in [0.2, 0.25) is 0 Å². The lowest BCUT2D eigenvalue weighted by Crippen LogP contribution is -2.29. The summed E-state index contributed by atoms with van der Waals surface area (Å²) in [6.07, 6.45) is 2.45. The summed E-state index contributed by atoms with van der Waals surface area (Å²) in [6, 6.07) is 11.1. The molecule has 0 amide bonds. The Morgan fingerprint density at radius 3 is 2.43 bits per heavy atom. The highest BCUT2D eigenvalue weighted by Gasteiger charge is 2.22. The van der Waals surface area contributed by atoms with Crippen LogP contribution in [0.3, 0.4) is 0 Å². The predicted molar refractivity (Wildman–Crippen MR) is 87.5 cm³/mol. The van der Waals surface area contributed by atoms with Crippen LogP contribution >= 0.6 is 0 Å². The van der Waals surface area contributed by atoms with Gasteiger partial charge in [0.05, 0.1) is 11.4 Å². The summed E-state index contributed by atoms with van der Waals surface area (Å²) in [5.41, 5.74) is 5.11. The fourth-order valence-corrected chi connectivity index (χ4v) is 3.14. The van der Waals surface area contributed by atoms with Gasteiger partial charge in [-0.1, -0.05) is 29.8 Å². The molecule has 1 aliphatic heterocycles. The third-order valence-corrected chi connectivity index (χ3v) is 4.58. The normalized spacial score (nSPS) is 17.3. The van der Waals surface area contributed by atoms with Crippen LogP contribution in [0.25, 0.3) is 11.3 Å². The molecule has 0 radical (unpaired) electrons. The molecule has 112 valence electrons. The Morgan fingerprint density at radius 2 is 1.81 bits per heavy atom. The Balaban J connectivity index is 1.89. The largest absolute Gasteiger partial charge is 0.306 e. The smallest absolute Gasteiger partial charge is 0.0685 e. The Hall–Kier alpha value is -1.61. The van der Waals surface area contributed by atoms with Crippen LogP contribution in [-0.2, 0) is 6.54 Å². The van der Waals surface area contributed by atoms with Crippen molar-refractivity contribution >= 4 is 0 Å². The number of nitrogens with zero attached hydrogens (tertiary/aromatic N) is 3. The molecule has 1 saturated heterocycles. The average molecular weight is 283 g/mol. The Kier molecular flexibility index (Phi) is 4.11. The van der Waals surface area contributed by atoms with E-state index in [1.807, 2.05) is 0 Å². The van der Waals surface area contributed by atoms with Gasteiger partial charge in [-0.2, -0.15) is 5.10 Å². The minimum absolute atomic E-state index is 0.623. The molecule has 3 rings (SSSR count). The Labute approximate surface area is 127 Å². The predicted octanol–water partition coefficient (Wildman–Crippen LogP) is 3.69. The van der Waals surface area contributed by atoms with Crippen LogP contribution in [0, 0.1) is 6.92 Å². The number of aromatic nitrogens is 2. The van der Waals surface area contributed by atoms with Crippen molar-refractivity contribution in [2.24, 2.45) is 0 Å². The molecular weight excluding hydrogens is 258 g/mol. The fraction of sp³-hybridized carbons (Fsp3) is 0.500. The van der Waals surface area contributed by atoms with E-state index in [1.165, 1.54) is 48.4 Å². The highest BCUT2D eigenvalue weighted by atomic mass is 15.3. The number of likely N-dealkylation sites (tertiary alicyclic amines) is 1. The van der Waals surface area contributed by atoms with Gasteiger partial charge in [0.1, 0.15) is 0 Å². The molecule has 1 aromatic heterocycles. The van der Waals surface area contributed by atoms with Gasteiger partial charge in [-0.05, 0) is 58.5 Å². The number of aryl methyl sites for hydroxylation is 2. The van der Waals surface area contributed by atoms with Crippen molar-refractivity contribution in [2.75, 3.05) is 20.1 Å². The van der Waals surface area contributed by atoms with Gasteiger partial charge in [0.2, 0.25) is 0 Å². The van der Waals surface area contributed by atoms with Crippen molar-refractivity contribution in [3.05, 3.63) is 41.6 Å². The van der Waals surface area contributed by atoms with Crippen LogP contribution in [0.15, 0.2) is 30.3 Å². The third kappa shape index (κ3) is 3.03. The van der Waals surface area contributed by atoms with Gasteiger partial charge in [0.15, 0.2) is 0 Å². The van der Waals surface area contributed by atoms with Crippen molar-refractivity contribution in [3.8, 4) is 11.3 Å². The van der Waals surface area contributed by atoms with Gasteiger partial charge >= 0.3 is 0 Å². The molecule has 3 nitrogen and oxygen atoms in total. The molecule has 3 heteroatoms. The molecule has 0 aliphatic carbocycles. The molecule has 0 N–H and O–H groups in total. The molecule has 21 heavy (non-hydrogen) atoms. The minimum atomic E-state index is 0.623. The maximum absolute atomic E-state index is 4.87. The van der Waals surface area contributed by atoms with Crippen molar-refractivity contribution in [3.63, 3.8) is 0 Å². The van der Waals surface area contributed by atoms with E-state index >= 15 is 0 Å². The first-order valence-corrected chi connectivity index (χ1v) is 8.00. The van der Waals surface area contributed by atoms with E-state index in [0.717, 1.165) is 6.54 Å². The Morgan fingerprint density at radius 1 is 1.14 bits per heavy atom. The van der Waals surface area contributed by atoms with Crippen molar-refractivity contribution < 1.29 is 0 Å². The van der Waals surface area contributed by atoms with Crippen molar-refractivity contribution in [1.29, 1.82) is 0 Å². The molecule has 0 spiro atoms. The first kappa shape index (κ1) is 14.3. The molecule has 0 atom stereocenters. The maximum atomic E-state index is 4.87. The second kappa shape index (κ2) is 6.02. The molecule has 1 aromatic carbocycles. The summed E-state index contributed by atoms with van der Waals surface area (Å²) >= 11 is 0. The van der Waals surface area contributed by atoms with E-state index in [9.17, 15) is 0 Å². The molecule has 1 fully saturated rings. The van der Waals surface area contributed by atoms with Crippen LogP contribution in [-0.4, -0.2) is 34.8 Å². The molecular formula is C18H25N3. The zero-order chi connectivity index (χ0) is 14.8. The Bertz CT molecular complexity index is 589. The van der Waals surface area contributed by atoms with Gasteiger partial charge < -0.3 is 4.90 Å². The number of hydrogen-bond acceptors (Lipinski definition) is 2. The van der Waals surface area contributed by atoms with Crippen LogP contribution in [0.4, 0.5) is 0 Å². The van der Waals surface area contributed by atoms with Gasteiger partial charge in [0.25, 0.3) is 0 Å². The van der Waals surface area contributed by atoms with E-state index in [0.29, 0.717) is 5.92 Å². The summed E-state index contributed by atoms with van der Waals surface area (Å²) in [7, 11) is 2.21. The summed E-state index contributed by atoms with van der Waals surface area (Å²) in [6.45, 7) is 7.59. The van der Waals surface area contributed by atoms with Crippen molar-refractivity contribution in [1.82, 2.24) is 14.7 Å². The van der Waals surface area contributed by atoms with Crippen LogP contribution in [0.1, 0.15) is 36.9 Å². The molecule has 0 unspecified atom stereocenters. The first-order valence-electron chi connectivity index (χ1n) is 8.00. The monoisotopic (exact) mass is 283 g/mol. The SMILES string of the molecule is CCn1nc(C2CCN(C)CC2)cc1-c1ccc(C)cc1. The van der Waals surface area contributed by atoms with E-state index in [-0.39, 0.29) is 0 Å². The van der Waals surface area contributed by atoms with Gasteiger partial charge in [-0.15, -0.1) is 0 Å². The fourth-order valence-electron chi connectivity index (χ4n) is 3.14. The number of benzene rings is 1. The summed E-state index contributed by atoms with van der Waals surface area (Å²) in [4.78, 5) is 2.41. The van der Waals surface area contributed by atoms with Gasteiger partial charge in [-0.25, -0.2) is 0 Å².